The van der Waals surface area contributed by atoms with Gasteiger partial charge in [-0.25, -0.2) is 9.78 Å². The van der Waals surface area contributed by atoms with Gasteiger partial charge in [0.05, 0.1) is 16.9 Å². The standard InChI is InChI=1S/C19H18N4O4S2/c1-10(28-8-11-7-14(24)23(3)19(26)22(11)2)16-20-17(25)15-12(9-29-18(15)21-16)13-5-4-6-27-13/h4-7,9-10H,8H2,1-3H3,(H,20,21,25). The van der Waals surface area contributed by atoms with Crippen molar-refractivity contribution >= 4 is 33.3 Å². The molecule has 150 valence electrons. The van der Waals surface area contributed by atoms with E-state index >= 15 is 0 Å². The van der Waals surface area contributed by atoms with Crippen LogP contribution in [0.25, 0.3) is 21.5 Å². The molecule has 0 bridgehead atoms. The first-order valence-corrected chi connectivity index (χ1v) is 10.7. The van der Waals surface area contributed by atoms with Gasteiger partial charge in [0.25, 0.3) is 11.1 Å². The summed E-state index contributed by atoms with van der Waals surface area (Å²) in [6.45, 7) is 1.93. The highest BCUT2D eigenvalue weighted by molar-refractivity contribution is 7.98. The van der Waals surface area contributed by atoms with Gasteiger partial charge < -0.3 is 9.40 Å². The molecular formula is C19H18N4O4S2. The van der Waals surface area contributed by atoms with Crippen molar-refractivity contribution in [3.63, 3.8) is 0 Å². The first-order chi connectivity index (χ1) is 13.9. The highest BCUT2D eigenvalue weighted by Crippen LogP contribution is 2.33. The molecule has 4 aromatic rings. The minimum atomic E-state index is -0.363. The summed E-state index contributed by atoms with van der Waals surface area (Å²) in [5, 5.41) is 2.24. The highest BCUT2D eigenvalue weighted by atomic mass is 32.2. The van der Waals surface area contributed by atoms with Gasteiger partial charge in [0.1, 0.15) is 16.4 Å². The van der Waals surface area contributed by atoms with Gasteiger partial charge in [-0.3, -0.25) is 18.7 Å². The maximum atomic E-state index is 12.7. The van der Waals surface area contributed by atoms with E-state index in [1.165, 1.54) is 40.8 Å². The summed E-state index contributed by atoms with van der Waals surface area (Å²) in [6.07, 6.45) is 1.57. The molecule has 0 fully saturated rings. The monoisotopic (exact) mass is 430 g/mol. The van der Waals surface area contributed by atoms with Crippen molar-refractivity contribution < 1.29 is 4.42 Å². The Morgan fingerprint density at radius 3 is 2.79 bits per heavy atom. The maximum absolute atomic E-state index is 12.7. The van der Waals surface area contributed by atoms with Crippen molar-refractivity contribution in [1.29, 1.82) is 0 Å². The van der Waals surface area contributed by atoms with E-state index in [0.29, 0.717) is 33.2 Å². The first kappa shape index (κ1) is 19.5. The summed E-state index contributed by atoms with van der Waals surface area (Å²) in [5.41, 5.74) is 0.428. The fourth-order valence-corrected chi connectivity index (χ4v) is 4.88. The average Bonchev–Trinajstić information content (AvgIpc) is 3.37. The molecule has 0 amide bonds. The van der Waals surface area contributed by atoms with Crippen molar-refractivity contribution in [3.05, 3.63) is 72.6 Å². The molecule has 0 aliphatic carbocycles. The van der Waals surface area contributed by atoms with Crippen molar-refractivity contribution in [2.45, 2.75) is 17.9 Å². The van der Waals surface area contributed by atoms with Crippen LogP contribution in [-0.4, -0.2) is 19.1 Å². The Kier molecular flexibility index (Phi) is 5.05. The Labute approximate surface area is 172 Å². The van der Waals surface area contributed by atoms with E-state index in [1.807, 2.05) is 18.4 Å². The molecule has 0 saturated carbocycles. The molecule has 4 aromatic heterocycles. The van der Waals surface area contributed by atoms with Gasteiger partial charge in [0.2, 0.25) is 0 Å². The molecular weight excluding hydrogens is 412 g/mol. The summed E-state index contributed by atoms with van der Waals surface area (Å²) in [4.78, 5) is 44.8. The normalized spacial score (nSPS) is 12.5. The number of hydrogen-bond acceptors (Lipinski definition) is 7. The lowest BCUT2D eigenvalue weighted by Crippen LogP contribution is -2.37. The van der Waals surface area contributed by atoms with Gasteiger partial charge in [0, 0.05) is 42.6 Å². The number of furan rings is 1. The molecule has 0 aliphatic heterocycles. The van der Waals surface area contributed by atoms with Gasteiger partial charge in [-0.15, -0.1) is 23.1 Å². The fraction of sp³-hybridized carbons (Fsp3) is 0.263. The van der Waals surface area contributed by atoms with Crippen LogP contribution in [0, 0.1) is 0 Å². The predicted molar refractivity (Wildman–Crippen MR) is 115 cm³/mol. The molecule has 0 spiro atoms. The quantitative estimate of drug-likeness (QED) is 0.522. The first-order valence-electron chi connectivity index (χ1n) is 8.79. The molecule has 4 heterocycles. The number of nitrogens with one attached hydrogen (secondary N) is 1. The molecule has 1 unspecified atom stereocenters. The number of aromatic nitrogens is 4. The Morgan fingerprint density at radius 1 is 1.28 bits per heavy atom. The largest absolute Gasteiger partial charge is 0.464 e. The van der Waals surface area contributed by atoms with E-state index in [2.05, 4.69) is 9.97 Å². The zero-order valence-corrected chi connectivity index (χ0v) is 17.6. The number of nitrogens with zero attached hydrogens (tertiary/aromatic N) is 3. The summed E-state index contributed by atoms with van der Waals surface area (Å²) in [6, 6.07) is 5.04. The van der Waals surface area contributed by atoms with E-state index in [4.69, 9.17) is 4.42 Å². The number of aromatic amines is 1. The second-order valence-electron chi connectivity index (χ2n) is 6.59. The number of H-pyrrole nitrogens is 1. The Bertz CT molecular complexity index is 1360. The van der Waals surface area contributed by atoms with Gasteiger partial charge >= 0.3 is 5.69 Å². The van der Waals surface area contributed by atoms with E-state index in [1.54, 1.807) is 19.4 Å². The Balaban J connectivity index is 1.62. The van der Waals surface area contributed by atoms with Crippen LogP contribution >= 0.6 is 23.1 Å². The lowest BCUT2D eigenvalue weighted by Gasteiger charge is -2.13. The van der Waals surface area contributed by atoms with Gasteiger partial charge in [-0.05, 0) is 19.1 Å². The maximum Gasteiger partial charge on any atom is 0.330 e. The molecule has 0 aromatic carbocycles. The molecule has 10 heteroatoms. The molecule has 4 rings (SSSR count). The summed E-state index contributed by atoms with van der Waals surface area (Å²) < 4.78 is 7.93. The van der Waals surface area contributed by atoms with Crippen LogP contribution < -0.4 is 16.8 Å². The summed E-state index contributed by atoms with van der Waals surface area (Å²) >= 11 is 2.88. The zero-order chi connectivity index (χ0) is 20.7. The van der Waals surface area contributed by atoms with Crippen LogP contribution in [0.4, 0.5) is 0 Å². The minimum Gasteiger partial charge on any atom is -0.464 e. The second-order valence-corrected chi connectivity index (χ2v) is 8.77. The van der Waals surface area contributed by atoms with Gasteiger partial charge in [-0.1, -0.05) is 0 Å². The van der Waals surface area contributed by atoms with Crippen molar-refractivity contribution in [2.24, 2.45) is 14.1 Å². The lowest BCUT2D eigenvalue weighted by atomic mass is 10.2. The van der Waals surface area contributed by atoms with Crippen LogP contribution in [0.15, 0.2) is 48.6 Å². The Hall–Kier alpha value is -2.85. The topological polar surface area (TPSA) is 103 Å². The molecule has 8 nitrogen and oxygen atoms in total. The third kappa shape index (κ3) is 3.49. The van der Waals surface area contributed by atoms with E-state index in [9.17, 15) is 14.4 Å². The predicted octanol–water partition coefficient (Wildman–Crippen LogP) is 2.64. The van der Waals surface area contributed by atoms with Crippen molar-refractivity contribution in [2.75, 3.05) is 0 Å². The number of rotatable bonds is 5. The smallest absolute Gasteiger partial charge is 0.330 e. The molecule has 1 atom stereocenters. The van der Waals surface area contributed by atoms with Crippen LogP contribution in [0.5, 0.6) is 0 Å². The summed E-state index contributed by atoms with van der Waals surface area (Å²) in [5.74, 6) is 1.62. The lowest BCUT2D eigenvalue weighted by molar-refractivity contribution is 0.583. The van der Waals surface area contributed by atoms with E-state index in [-0.39, 0.29) is 22.1 Å². The second kappa shape index (κ2) is 7.53. The number of thioether (sulfide) groups is 1. The van der Waals surface area contributed by atoms with Crippen LogP contribution in [0.2, 0.25) is 0 Å². The number of hydrogen-bond donors (Lipinski definition) is 1. The zero-order valence-electron chi connectivity index (χ0n) is 16.0. The third-order valence-electron chi connectivity index (χ3n) is 4.74. The molecule has 0 radical (unpaired) electrons. The van der Waals surface area contributed by atoms with E-state index in [0.717, 1.165) is 10.1 Å². The fourth-order valence-electron chi connectivity index (χ4n) is 2.98. The Morgan fingerprint density at radius 2 is 2.07 bits per heavy atom. The molecule has 1 N–H and O–H groups in total. The third-order valence-corrected chi connectivity index (χ3v) is 6.80. The molecule has 0 aliphatic rings. The van der Waals surface area contributed by atoms with Crippen LogP contribution in [-0.2, 0) is 19.8 Å². The summed E-state index contributed by atoms with van der Waals surface area (Å²) in [7, 11) is 3.09. The van der Waals surface area contributed by atoms with Crippen LogP contribution in [0.3, 0.4) is 0 Å². The highest BCUT2D eigenvalue weighted by Gasteiger charge is 2.18. The van der Waals surface area contributed by atoms with E-state index < -0.39 is 0 Å². The number of fused-ring (bicyclic) bond motifs is 1. The van der Waals surface area contributed by atoms with Crippen molar-refractivity contribution in [3.8, 4) is 11.3 Å². The average molecular weight is 431 g/mol. The van der Waals surface area contributed by atoms with Crippen molar-refractivity contribution in [1.82, 2.24) is 19.1 Å². The van der Waals surface area contributed by atoms with Gasteiger partial charge in [0.15, 0.2) is 0 Å². The number of thiophene rings is 1. The molecule has 0 saturated heterocycles. The molecule has 29 heavy (non-hydrogen) atoms. The SMILES string of the molecule is CC(SCc1cc(=O)n(C)c(=O)n1C)c1nc2scc(-c3ccco3)c2c(=O)[nH]1. The van der Waals surface area contributed by atoms with Gasteiger partial charge in [-0.2, -0.15) is 0 Å². The van der Waals surface area contributed by atoms with Crippen LogP contribution in [0.1, 0.15) is 23.7 Å². The minimum absolute atomic E-state index is 0.138.